The molecule has 16 heavy (non-hydrogen) atoms. The molecule has 0 saturated carbocycles. The minimum absolute atomic E-state index is 0.0760. The number of thioether (sulfide) groups is 1. The fraction of sp³-hybridized carbons (Fsp3) is 0.556. The Labute approximate surface area is 103 Å². The smallest absolute Gasteiger partial charge is 0.257 e. The Kier molecular flexibility index (Phi) is 5.33. The van der Waals surface area contributed by atoms with Crippen LogP contribution in [0.25, 0.3) is 0 Å². The summed E-state index contributed by atoms with van der Waals surface area (Å²) in [7, 11) is 0. The average molecular weight is 262 g/mol. The number of aliphatic hydroxyl groups excluding tert-OH is 2. The molecule has 0 saturated heterocycles. The van der Waals surface area contributed by atoms with Crippen LogP contribution < -0.4 is 5.56 Å². The van der Waals surface area contributed by atoms with Crippen LogP contribution in [0, 0.1) is 0 Å². The van der Waals surface area contributed by atoms with E-state index in [1.54, 1.807) is 6.26 Å². The fourth-order valence-corrected chi connectivity index (χ4v) is 1.82. The van der Waals surface area contributed by atoms with E-state index in [9.17, 15) is 15.0 Å². The van der Waals surface area contributed by atoms with E-state index < -0.39 is 17.8 Å². The average Bonchev–Trinajstić information content (AvgIpc) is 2.28. The lowest BCUT2D eigenvalue weighted by molar-refractivity contribution is 0.0161. The van der Waals surface area contributed by atoms with Crippen molar-refractivity contribution < 1.29 is 10.2 Å². The van der Waals surface area contributed by atoms with Gasteiger partial charge in [0.05, 0.1) is 11.7 Å². The largest absolute Gasteiger partial charge is 0.390 e. The molecule has 7 heteroatoms. The number of H-pyrrole nitrogens is 1. The molecule has 0 fully saturated rings. The van der Waals surface area contributed by atoms with E-state index in [0.717, 1.165) is 0 Å². The molecule has 1 aromatic heterocycles. The number of aliphatic hydroxyl groups is 2. The highest BCUT2D eigenvalue weighted by atomic mass is 32.2. The summed E-state index contributed by atoms with van der Waals surface area (Å²) in [5.74, 6) is 0.437. The van der Waals surface area contributed by atoms with Crippen molar-refractivity contribution in [3.63, 3.8) is 0 Å². The summed E-state index contributed by atoms with van der Waals surface area (Å²) in [6, 6.07) is 0. The number of hydrogen-bond donors (Lipinski definition) is 4. The zero-order chi connectivity index (χ0) is 12.1. The number of thiol groups is 1. The van der Waals surface area contributed by atoms with E-state index in [4.69, 9.17) is 0 Å². The van der Waals surface area contributed by atoms with Crippen LogP contribution in [0.1, 0.15) is 18.1 Å². The maximum Gasteiger partial charge on any atom is 0.257 e. The second kappa shape index (κ2) is 6.29. The Hall–Kier alpha value is -0.500. The zero-order valence-electron chi connectivity index (χ0n) is 8.75. The van der Waals surface area contributed by atoms with Crippen molar-refractivity contribution in [1.29, 1.82) is 0 Å². The lowest BCUT2D eigenvalue weighted by Crippen LogP contribution is -2.26. The molecule has 0 aliphatic rings. The predicted molar refractivity (Wildman–Crippen MR) is 66.1 cm³/mol. The summed E-state index contributed by atoms with van der Waals surface area (Å²) < 4.78 is 0. The second-order valence-corrected chi connectivity index (χ2v) is 4.44. The molecule has 1 aromatic rings. The number of nitrogens with zero attached hydrogens (tertiary/aromatic N) is 1. The maximum absolute atomic E-state index is 11.5. The molecule has 1 heterocycles. The fourth-order valence-electron chi connectivity index (χ4n) is 1.20. The van der Waals surface area contributed by atoms with E-state index in [0.29, 0.717) is 17.3 Å². The van der Waals surface area contributed by atoms with Crippen LogP contribution >= 0.6 is 24.4 Å². The van der Waals surface area contributed by atoms with Gasteiger partial charge in [-0.2, -0.15) is 12.6 Å². The molecule has 5 nitrogen and oxygen atoms in total. The molecular formula is C9H14N2O3S2. The molecule has 90 valence electrons. The molecule has 2 unspecified atom stereocenters. The van der Waals surface area contributed by atoms with Gasteiger partial charge < -0.3 is 15.2 Å². The minimum Gasteiger partial charge on any atom is -0.390 e. The molecule has 2 atom stereocenters. The van der Waals surface area contributed by atoms with Gasteiger partial charge in [-0.1, -0.05) is 11.8 Å². The van der Waals surface area contributed by atoms with Crippen molar-refractivity contribution in [2.45, 2.75) is 23.8 Å². The first-order chi connectivity index (χ1) is 7.60. The molecule has 0 spiro atoms. The maximum atomic E-state index is 11.5. The Morgan fingerprint density at radius 1 is 1.62 bits per heavy atom. The highest BCUT2D eigenvalue weighted by molar-refractivity contribution is 7.98. The van der Waals surface area contributed by atoms with Crippen molar-refractivity contribution >= 4 is 24.4 Å². The second-order valence-electron chi connectivity index (χ2n) is 3.20. The quantitative estimate of drug-likeness (QED) is 0.346. The number of nitrogens with one attached hydrogen (secondary N) is 1. The zero-order valence-corrected chi connectivity index (χ0v) is 10.5. The normalized spacial score (nSPS) is 14.8. The van der Waals surface area contributed by atoms with Crippen molar-refractivity contribution in [2.24, 2.45) is 0 Å². The Morgan fingerprint density at radius 2 is 2.31 bits per heavy atom. The van der Waals surface area contributed by atoms with Crippen molar-refractivity contribution in [1.82, 2.24) is 9.97 Å². The topological polar surface area (TPSA) is 86.2 Å². The number of aromatic amines is 1. The Morgan fingerprint density at radius 3 is 2.81 bits per heavy atom. The molecule has 0 aliphatic heterocycles. The van der Waals surface area contributed by atoms with Gasteiger partial charge in [0.1, 0.15) is 6.10 Å². The molecule has 3 N–H and O–H groups in total. The highest BCUT2D eigenvalue weighted by Crippen LogP contribution is 2.16. The van der Waals surface area contributed by atoms with Crippen LogP contribution in [-0.4, -0.2) is 38.3 Å². The van der Waals surface area contributed by atoms with E-state index >= 15 is 0 Å². The Balaban J connectivity index is 2.91. The molecule has 0 bridgehead atoms. The molecular weight excluding hydrogens is 248 g/mol. The van der Waals surface area contributed by atoms with Crippen LogP contribution in [0.3, 0.4) is 0 Å². The van der Waals surface area contributed by atoms with Crippen molar-refractivity contribution in [2.75, 3.05) is 12.0 Å². The van der Waals surface area contributed by atoms with Gasteiger partial charge in [-0.15, -0.1) is 0 Å². The number of rotatable bonds is 5. The third-order valence-corrected chi connectivity index (χ3v) is 2.96. The van der Waals surface area contributed by atoms with Gasteiger partial charge in [-0.3, -0.25) is 4.79 Å². The van der Waals surface area contributed by atoms with E-state index in [1.165, 1.54) is 18.0 Å². The first-order valence-corrected chi connectivity index (χ1v) is 6.56. The van der Waals surface area contributed by atoms with Crippen LogP contribution in [-0.2, 0) is 0 Å². The highest BCUT2D eigenvalue weighted by Gasteiger charge is 2.21. The van der Waals surface area contributed by atoms with E-state index in [1.807, 2.05) is 0 Å². The van der Waals surface area contributed by atoms with Crippen LogP contribution in [0.5, 0.6) is 0 Å². The summed E-state index contributed by atoms with van der Waals surface area (Å²) in [6.45, 7) is 0. The predicted octanol–water partition coefficient (Wildman–Crippen LogP) is 0.206. The number of aromatic nitrogens is 2. The number of hydrogen-bond acceptors (Lipinski definition) is 6. The molecule has 0 aromatic carbocycles. The van der Waals surface area contributed by atoms with Gasteiger partial charge in [0.25, 0.3) is 5.56 Å². The van der Waals surface area contributed by atoms with Crippen molar-refractivity contribution in [3.8, 4) is 0 Å². The van der Waals surface area contributed by atoms with Gasteiger partial charge in [0, 0.05) is 6.20 Å². The van der Waals surface area contributed by atoms with Crippen LogP contribution in [0.2, 0.25) is 0 Å². The van der Waals surface area contributed by atoms with Gasteiger partial charge in [-0.25, -0.2) is 4.98 Å². The summed E-state index contributed by atoms with van der Waals surface area (Å²) in [6.07, 6.45) is 1.16. The molecule has 0 radical (unpaired) electrons. The molecule has 0 aliphatic carbocycles. The lowest BCUT2D eigenvalue weighted by Gasteiger charge is -2.16. The minimum atomic E-state index is -1.22. The summed E-state index contributed by atoms with van der Waals surface area (Å²) in [4.78, 5) is 18.0. The van der Waals surface area contributed by atoms with E-state index in [2.05, 4.69) is 22.6 Å². The SMILES string of the molecule is CSc1ncc(C(O)C(O)CCS)c(=O)[nH]1. The van der Waals surface area contributed by atoms with Gasteiger partial charge in [0.2, 0.25) is 0 Å². The summed E-state index contributed by atoms with van der Waals surface area (Å²) in [5.41, 5.74) is -0.350. The van der Waals surface area contributed by atoms with Crippen molar-refractivity contribution in [3.05, 3.63) is 22.1 Å². The molecule has 0 amide bonds. The summed E-state index contributed by atoms with van der Waals surface area (Å²) in [5, 5.41) is 19.7. The standard InChI is InChI=1S/C9H14N2O3S2/c1-16-9-10-4-5(8(14)11-9)7(13)6(12)2-3-15/h4,6-7,12-13,15H,2-3H2,1H3,(H,10,11,14). The first-order valence-electron chi connectivity index (χ1n) is 4.70. The Bertz CT molecular complexity index is 397. The monoisotopic (exact) mass is 262 g/mol. The van der Waals surface area contributed by atoms with Gasteiger partial charge >= 0.3 is 0 Å². The van der Waals surface area contributed by atoms with Crippen LogP contribution in [0.4, 0.5) is 0 Å². The van der Waals surface area contributed by atoms with Gasteiger partial charge in [-0.05, 0) is 18.4 Å². The summed E-state index contributed by atoms with van der Waals surface area (Å²) >= 11 is 5.25. The third kappa shape index (κ3) is 3.24. The third-order valence-electron chi connectivity index (χ3n) is 2.10. The lowest BCUT2D eigenvalue weighted by atomic mass is 10.1. The van der Waals surface area contributed by atoms with Gasteiger partial charge in [0.15, 0.2) is 5.16 Å². The molecule has 1 rings (SSSR count). The van der Waals surface area contributed by atoms with Crippen LogP contribution in [0.15, 0.2) is 16.1 Å². The first kappa shape index (κ1) is 13.6. The van der Waals surface area contributed by atoms with E-state index in [-0.39, 0.29) is 5.56 Å².